The van der Waals surface area contributed by atoms with Crippen LogP contribution in [0.3, 0.4) is 0 Å². The van der Waals surface area contributed by atoms with Crippen molar-refractivity contribution >= 4 is 22.6 Å². The molecule has 1 fully saturated rings. The van der Waals surface area contributed by atoms with Crippen molar-refractivity contribution in [3.05, 3.63) is 65.5 Å². The molecule has 3 aromatic rings. The van der Waals surface area contributed by atoms with Gasteiger partial charge in [0, 0.05) is 38.8 Å². The fourth-order valence-electron chi connectivity index (χ4n) is 4.01. The lowest BCUT2D eigenvalue weighted by Crippen LogP contribution is -2.37. The molecule has 1 saturated heterocycles. The largest absolute Gasteiger partial charge is 0.378 e. The van der Waals surface area contributed by atoms with E-state index < -0.39 is 0 Å². The van der Waals surface area contributed by atoms with Gasteiger partial charge >= 0.3 is 0 Å². The molecule has 1 amide bonds. The molecule has 6 nitrogen and oxygen atoms in total. The van der Waals surface area contributed by atoms with Crippen LogP contribution in [0.2, 0.25) is 0 Å². The summed E-state index contributed by atoms with van der Waals surface area (Å²) in [7, 11) is 0. The first-order valence-corrected chi connectivity index (χ1v) is 9.74. The number of fused-ring (bicyclic) bond motifs is 2. The molecule has 0 bridgehead atoms. The molecule has 0 spiro atoms. The third-order valence-electron chi connectivity index (χ3n) is 5.48. The van der Waals surface area contributed by atoms with Gasteiger partial charge in [0.25, 0.3) is 5.91 Å². The summed E-state index contributed by atoms with van der Waals surface area (Å²) in [6.45, 7) is 4.38. The van der Waals surface area contributed by atoms with Gasteiger partial charge in [-0.15, -0.1) is 0 Å². The van der Waals surface area contributed by atoms with Gasteiger partial charge in [-0.1, -0.05) is 24.3 Å². The van der Waals surface area contributed by atoms with Crippen molar-refractivity contribution < 1.29 is 9.53 Å². The lowest BCUT2D eigenvalue weighted by molar-refractivity contribution is 0.0779. The van der Waals surface area contributed by atoms with Crippen LogP contribution in [0.4, 0.5) is 5.69 Å². The number of morpholine rings is 1. The smallest absolute Gasteiger partial charge is 0.256 e. The maximum atomic E-state index is 13.1. The molecule has 2 aromatic carbocycles. The molecule has 1 aromatic heterocycles. The number of amides is 1. The van der Waals surface area contributed by atoms with Crippen molar-refractivity contribution in [1.82, 2.24) is 14.9 Å². The zero-order valence-electron chi connectivity index (χ0n) is 15.7. The van der Waals surface area contributed by atoms with E-state index in [0.717, 1.165) is 46.6 Å². The second-order valence-electron chi connectivity index (χ2n) is 7.24. The van der Waals surface area contributed by atoms with Gasteiger partial charge in [-0.25, -0.2) is 4.98 Å². The van der Waals surface area contributed by atoms with Crippen LogP contribution >= 0.6 is 0 Å². The maximum Gasteiger partial charge on any atom is 0.256 e. The van der Waals surface area contributed by atoms with Gasteiger partial charge in [-0.2, -0.15) is 0 Å². The quantitative estimate of drug-likeness (QED) is 0.703. The molecule has 0 radical (unpaired) electrons. The molecule has 0 unspecified atom stereocenters. The molecule has 5 rings (SSSR count). The summed E-state index contributed by atoms with van der Waals surface area (Å²) in [5.74, 6) is 0.117. The molecular weight excluding hydrogens is 352 g/mol. The Morgan fingerprint density at radius 1 is 1.00 bits per heavy atom. The molecule has 142 valence electrons. The maximum absolute atomic E-state index is 13.1. The Balaban J connectivity index is 1.33. The van der Waals surface area contributed by atoms with E-state index in [4.69, 9.17) is 4.74 Å². The average molecular weight is 374 g/mol. The molecular formula is C22H22N4O2. The minimum Gasteiger partial charge on any atom is -0.378 e. The summed E-state index contributed by atoms with van der Waals surface area (Å²) >= 11 is 0. The molecule has 28 heavy (non-hydrogen) atoms. The molecule has 3 heterocycles. The zero-order valence-corrected chi connectivity index (χ0v) is 15.7. The Kier molecular flexibility index (Phi) is 4.41. The third kappa shape index (κ3) is 3.10. The van der Waals surface area contributed by atoms with E-state index in [9.17, 15) is 4.79 Å². The van der Waals surface area contributed by atoms with Crippen molar-refractivity contribution in [2.75, 3.05) is 37.7 Å². The third-order valence-corrected chi connectivity index (χ3v) is 5.48. The Hall–Kier alpha value is -2.99. The predicted molar refractivity (Wildman–Crippen MR) is 107 cm³/mol. The van der Waals surface area contributed by atoms with Crippen molar-refractivity contribution in [2.24, 2.45) is 0 Å². The van der Waals surface area contributed by atoms with Crippen LogP contribution in [-0.2, 0) is 17.7 Å². The summed E-state index contributed by atoms with van der Waals surface area (Å²) in [6.07, 6.45) is 2.51. The van der Waals surface area contributed by atoms with Crippen LogP contribution in [-0.4, -0.2) is 53.6 Å². The molecule has 6 heteroatoms. The second-order valence-corrected chi connectivity index (χ2v) is 7.24. The summed E-state index contributed by atoms with van der Waals surface area (Å²) in [6, 6.07) is 14.0. The zero-order chi connectivity index (χ0) is 18.9. The number of hydrogen-bond acceptors (Lipinski definition) is 5. The first-order chi connectivity index (χ1) is 13.8. The van der Waals surface area contributed by atoms with E-state index in [1.165, 1.54) is 0 Å². The van der Waals surface area contributed by atoms with Gasteiger partial charge in [0.2, 0.25) is 0 Å². The highest BCUT2D eigenvalue weighted by molar-refractivity contribution is 6.03. The Morgan fingerprint density at radius 3 is 2.68 bits per heavy atom. The first kappa shape index (κ1) is 17.1. The van der Waals surface area contributed by atoms with Crippen LogP contribution in [0.25, 0.3) is 11.0 Å². The van der Waals surface area contributed by atoms with E-state index in [2.05, 4.69) is 33.1 Å². The number of ether oxygens (including phenoxy) is 1. The number of carbonyl (C=O) groups is 1. The van der Waals surface area contributed by atoms with Crippen LogP contribution < -0.4 is 4.90 Å². The average Bonchev–Trinajstić information content (AvgIpc) is 3.08. The topological polar surface area (TPSA) is 58.6 Å². The summed E-state index contributed by atoms with van der Waals surface area (Å²) in [5.41, 5.74) is 5.71. The highest BCUT2D eigenvalue weighted by atomic mass is 16.5. The monoisotopic (exact) mass is 374 g/mol. The van der Waals surface area contributed by atoms with Crippen LogP contribution in [0.1, 0.15) is 21.6 Å². The molecule has 2 aliphatic heterocycles. The lowest BCUT2D eigenvalue weighted by Gasteiger charge is -2.30. The minimum absolute atomic E-state index is 0.117. The molecule has 0 N–H and O–H groups in total. The number of para-hydroxylation sites is 2. The number of anilines is 1. The SMILES string of the molecule is O=C1c2c(cccc2N2CCOCC2)CN1CCc1cnc2ccccc2n1. The van der Waals surface area contributed by atoms with Crippen LogP contribution in [0.5, 0.6) is 0 Å². The Bertz CT molecular complexity index is 1030. The highest BCUT2D eigenvalue weighted by Crippen LogP contribution is 2.32. The summed E-state index contributed by atoms with van der Waals surface area (Å²) in [5, 5.41) is 0. The van der Waals surface area contributed by atoms with E-state index >= 15 is 0 Å². The van der Waals surface area contributed by atoms with E-state index in [0.29, 0.717) is 32.7 Å². The summed E-state index contributed by atoms with van der Waals surface area (Å²) < 4.78 is 5.46. The van der Waals surface area contributed by atoms with Crippen molar-refractivity contribution in [1.29, 1.82) is 0 Å². The van der Waals surface area contributed by atoms with Gasteiger partial charge < -0.3 is 14.5 Å². The van der Waals surface area contributed by atoms with Gasteiger partial charge in [0.05, 0.1) is 41.2 Å². The molecule has 0 aliphatic carbocycles. The van der Waals surface area contributed by atoms with Gasteiger partial charge in [-0.05, 0) is 23.8 Å². The van der Waals surface area contributed by atoms with Gasteiger partial charge in [-0.3, -0.25) is 9.78 Å². The van der Waals surface area contributed by atoms with Gasteiger partial charge in [0.15, 0.2) is 0 Å². The number of aromatic nitrogens is 2. The number of hydrogen-bond donors (Lipinski definition) is 0. The Morgan fingerprint density at radius 2 is 1.82 bits per heavy atom. The van der Waals surface area contributed by atoms with E-state index in [1.54, 1.807) is 0 Å². The molecule has 2 aliphatic rings. The summed E-state index contributed by atoms with van der Waals surface area (Å²) in [4.78, 5) is 26.5. The molecule has 0 atom stereocenters. The Labute approximate surface area is 163 Å². The van der Waals surface area contributed by atoms with Gasteiger partial charge in [0.1, 0.15) is 0 Å². The van der Waals surface area contributed by atoms with Crippen LogP contribution in [0.15, 0.2) is 48.7 Å². The lowest BCUT2D eigenvalue weighted by atomic mass is 10.1. The van der Waals surface area contributed by atoms with E-state index in [1.807, 2.05) is 35.4 Å². The van der Waals surface area contributed by atoms with E-state index in [-0.39, 0.29) is 5.91 Å². The fourth-order valence-corrected chi connectivity index (χ4v) is 4.01. The highest BCUT2D eigenvalue weighted by Gasteiger charge is 2.31. The first-order valence-electron chi connectivity index (χ1n) is 9.74. The minimum atomic E-state index is 0.117. The normalized spacial score (nSPS) is 16.6. The van der Waals surface area contributed by atoms with Crippen LogP contribution in [0, 0.1) is 0 Å². The number of carbonyl (C=O) groups excluding carboxylic acids is 1. The van der Waals surface area contributed by atoms with Crippen molar-refractivity contribution in [3.63, 3.8) is 0 Å². The number of nitrogens with zero attached hydrogens (tertiary/aromatic N) is 4. The molecule has 0 saturated carbocycles. The predicted octanol–water partition coefficient (Wildman–Crippen LogP) is 2.66. The number of benzene rings is 2. The van der Waals surface area contributed by atoms with Crippen molar-refractivity contribution in [3.8, 4) is 0 Å². The van der Waals surface area contributed by atoms with Crippen molar-refractivity contribution in [2.45, 2.75) is 13.0 Å². The second kappa shape index (κ2) is 7.20. The standard InChI is InChI=1S/C22H22N4O2/c27-22-21-16(4-3-7-20(21)25-10-12-28-13-11-25)15-26(22)9-8-17-14-23-18-5-1-2-6-19(18)24-17/h1-7,14H,8-13,15H2. The number of rotatable bonds is 4. The fraction of sp³-hybridized carbons (Fsp3) is 0.318.